The maximum absolute atomic E-state index is 12.6. The predicted molar refractivity (Wildman–Crippen MR) is 102 cm³/mol. The Morgan fingerprint density at radius 1 is 1.08 bits per heavy atom. The van der Waals surface area contributed by atoms with Crippen LogP contribution in [0.4, 0.5) is 11.4 Å². The van der Waals surface area contributed by atoms with Gasteiger partial charge in [0.2, 0.25) is 5.91 Å². The molecule has 5 nitrogen and oxygen atoms in total. The molecule has 0 aliphatic heterocycles. The molecule has 0 fully saturated rings. The van der Waals surface area contributed by atoms with Crippen molar-refractivity contribution in [1.29, 1.82) is 0 Å². The summed E-state index contributed by atoms with van der Waals surface area (Å²) in [6, 6.07) is 12.4. The zero-order valence-electron chi connectivity index (χ0n) is 13.6. The number of carbonyl (C=O) groups is 2. The molecule has 2 N–H and O–H groups in total. The maximum Gasteiger partial charge on any atom is 0.267 e. The van der Waals surface area contributed by atoms with Gasteiger partial charge in [0.1, 0.15) is 10.6 Å². The Labute approximate surface area is 153 Å². The quantitative estimate of drug-likeness (QED) is 0.691. The molecule has 128 valence electrons. The summed E-state index contributed by atoms with van der Waals surface area (Å²) in [4.78, 5) is 24.2. The lowest BCUT2D eigenvalue weighted by atomic mass is 10.2. The molecule has 0 saturated carbocycles. The molecule has 0 spiro atoms. The summed E-state index contributed by atoms with van der Waals surface area (Å²) in [5.41, 5.74) is 1.18. The van der Waals surface area contributed by atoms with Crippen molar-refractivity contribution in [1.82, 2.24) is 0 Å². The molecule has 0 unspecified atom stereocenters. The first kappa shape index (κ1) is 17.3. The third-order valence-electron chi connectivity index (χ3n) is 3.48. The van der Waals surface area contributed by atoms with Crippen molar-refractivity contribution < 1.29 is 14.3 Å². The summed E-state index contributed by atoms with van der Waals surface area (Å²) in [6.45, 7) is 1.43. The van der Waals surface area contributed by atoms with Crippen molar-refractivity contribution in [3.8, 4) is 5.75 Å². The molecule has 2 aromatic carbocycles. The SMILES string of the molecule is COc1ccc2sc(C(=O)Nc3cccc(NC(C)=O)c3)c(Cl)c2c1. The highest BCUT2D eigenvalue weighted by molar-refractivity contribution is 7.21. The first-order valence-electron chi connectivity index (χ1n) is 7.43. The second kappa shape index (κ2) is 7.13. The Hall–Kier alpha value is -2.57. The van der Waals surface area contributed by atoms with Gasteiger partial charge in [-0.15, -0.1) is 11.3 Å². The fraction of sp³-hybridized carbons (Fsp3) is 0.111. The van der Waals surface area contributed by atoms with Crippen LogP contribution < -0.4 is 15.4 Å². The van der Waals surface area contributed by atoms with Crippen molar-refractivity contribution in [2.24, 2.45) is 0 Å². The Bertz CT molecular complexity index is 968. The van der Waals surface area contributed by atoms with Gasteiger partial charge >= 0.3 is 0 Å². The molecule has 0 aliphatic carbocycles. The molecule has 7 heteroatoms. The minimum atomic E-state index is -0.301. The molecule has 0 atom stereocenters. The van der Waals surface area contributed by atoms with Gasteiger partial charge in [0.05, 0.1) is 12.1 Å². The molecule has 0 aliphatic rings. The van der Waals surface area contributed by atoms with E-state index in [0.717, 1.165) is 10.1 Å². The molecule has 0 radical (unpaired) electrons. The Balaban J connectivity index is 1.87. The van der Waals surface area contributed by atoms with Gasteiger partial charge < -0.3 is 15.4 Å². The van der Waals surface area contributed by atoms with E-state index in [-0.39, 0.29) is 11.8 Å². The van der Waals surface area contributed by atoms with Crippen LogP contribution in [0.2, 0.25) is 5.02 Å². The molecule has 1 aromatic heterocycles. The number of methoxy groups -OCH3 is 1. The standard InChI is InChI=1S/C18H15ClN2O3S/c1-10(22)20-11-4-3-5-12(8-11)21-18(23)17-16(19)14-9-13(24-2)6-7-15(14)25-17/h3-9H,1-2H3,(H,20,22)(H,21,23). The summed E-state index contributed by atoms with van der Waals surface area (Å²) in [5, 5.41) is 6.66. The molecule has 0 saturated heterocycles. The molecule has 0 bridgehead atoms. The number of ether oxygens (including phenoxy) is 1. The monoisotopic (exact) mass is 374 g/mol. The molecular formula is C18H15ClN2O3S. The van der Waals surface area contributed by atoms with Crippen molar-refractivity contribution in [3.05, 3.63) is 52.4 Å². The van der Waals surface area contributed by atoms with Gasteiger partial charge in [0.15, 0.2) is 0 Å². The second-order valence-electron chi connectivity index (χ2n) is 5.32. The zero-order valence-corrected chi connectivity index (χ0v) is 15.1. The number of amides is 2. The van der Waals surface area contributed by atoms with Gasteiger partial charge in [-0.05, 0) is 36.4 Å². The highest BCUT2D eigenvalue weighted by Gasteiger charge is 2.18. The lowest BCUT2D eigenvalue weighted by molar-refractivity contribution is -0.114. The molecule has 3 aromatic rings. The third-order valence-corrected chi connectivity index (χ3v) is 5.16. The van der Waals surface area contributed by atoms with Crippen LogP contribution >= 0.6 is 22.9 Å². The van der Waals surface area contributed by atoms with Gasteiger partial charge in [-0.1, -0.05) is 17.7 Å². The molecular weight excluding hydrogens is 360 g/mol. The van der Waals surface area contributed by atoms with Crippen LogP contribution in [-0.4, -0.2) is 18.9 Å². The number of benzene rings is 2. The van der Waals surface area contributed by atoms with Crippen molar-refractivity contribution in [2.75, 3.05) is 17.7 Å². The number of hydrogen-bond acceptors (Lipinski definition) is 4. The van der Waals surface area contributed by atoms with Crippen LogP contribution in [0.15, 0.2) is 42.5 Å². The number of thiophene rings is 1. The summed E-state index contributed by atoms with van der Waals surface area (Å²) < 4.78 is 6.10. The van der Waals surface area contributed by atoms with Crippen LogP contribution in [0.5, 0.6) is 5.75 Å². The Kier molecular flexibility index (Phi) is 4.92. The van der Waals surface area contributed by atoms with Crippen LogP contribution in [0.25, 0.3) is 10.1 Å². The lowest BCUT2D eigenvalue weighted by Gasteiger charge is -2.07. The summed E-state index contributed by atoms with van der Waals surface area (Å²) in [6.07, 6.45) is 0. The molecule has 1 heterocycles. The summed E-state index contributed by atoms with van der Waals surface area (Å²) in [7, 11) is 1.58. The van der Waals surface area contributed by atoms with Crippen molar-refractivity contribution in [2.45, 2.75) is 6.92 Å². The highest BCUT2D eigenvalue weighted by Crippen LogP contribution is 2.37. The van der Waals surface area contributed by atoms with E-state index in [1.807, 2.05) is 18.2 Å². The van der Waals surface area contributed by atoms with Gasteiger partial charge in [0.25, 0.3) is 5.91 Å². The Morgan fingerprint density at radius 3 is 2.48 bits per heavy atom. The largest absolute Gasteiger partial charge is 0.497 e. The normalized spacial score (nSPS) is 10.5. The van der Waals surface area contributed by atoms with Gasteiger partial charge in [-0.3, -0.25) is 9.59 Å². The number of rotatable bonds is 4. The molecule has 2 amide bonds. The minimum absolute atomic E-state index is 0.176. The van der Waals surface area contributed by atoms with E-state index in [2.05, 4.69) is 10.6 Å². The Morgan fingerprint density at radius 2 is 1.80 bits per heavy atom. The number of hydrogen-bond donors (Lipinski definition) is 2. The summed E-state index contributed by atoms with van der Waals surface area (Å²) in [5.74, 6) is 0.206. The van der Waals surface area contributed by atoms with E-state index in [4.69, 9.17) is 16.3 Å². The summed E-state index contributed by atoms with van der Waals surface area (Å²) >= 11 is 7.70. The van der Waals surface area contributed by atoms with Crippen LogP contribution in [-0.2, 0) is 4.79 Å². The highest BCUT2D eigenvalue weighted by atomic mass is 35.5. The maximum atomic E-state index is 12.6. The first-order chi connectivity index (χ1) is 12.0. The fourth-order valence-electron chi connectivity index (χ4n) is 2.39. The van der Waals surface area contributed by atoms with Crippen LogP contribution in [0, 0.1) is 0 Å². The zero-order chi connectivity index (χ0) is 18.0. The first-order valence-corrected chi connectivity index (χ1v) is 8.62. The second-order valence-corrected chi connectivity index (χ2v) is 6.75. The lowest BCUT2D eigenvalue weighted by Crippen LogP contribution is -2.11. The molecule has 25 heavy (non-hydrogen) atoms. The van der Waals surface area contributed by atoms with Gasteiger partial charge in [-0.2, -0.15) is 0 Å². The molecule has 3 rings (SSSR count). The smallest absolute Gasteiger partial charge is 0.267 e. The number of nitrogens with one attached hydrogen (secondary N) is 2. The number of anilines is 2. The number of carbonyl (C=O) groups excluding carboxylic acids is 2. The van der Waals surface area contributed by atoms with Crippen LogP contribution in [0.3, 0.4) is 0 Å². The van der Waals surface area contributed by atoms with E-state index in [0.29, 0.717) is 27.0 Å². The fourth-order valence-corrected chi connectivity index (χ4v) is 3.77. The van der Waals surface area contributed by atoms with E-state index >= 15 is 0 Å². The van der Waals surface area contributed by atoms with E-state index in [9.17, 15) is 9.59 Å². The average molecular weight is 375 g/mol. The van der Waals surface area contributed by atoms with E-state index in [1.54, 1.807) is 31.4 Å². The van der Waals surface area contributed by atoms with Gasteiger partial charge in [-0.25, -0.2) is 0 Å². The van der Waals surface area contributed by atoms with Crippen molar-refractivity contribution in [3.63, 3.8) is 0 Å². The average Bonchev–Trinajstić information content (AvgIpc) is 2.91. The van der Waals surface area contributed by atoms with E-state index < -0.39 is 0 Å². The third kappa shape index (κ3) is 3.75. The van der Waals surface area contributed by atoms with Crippen LogP contribution in [0.1, 0.15) is 16.6 Å². The number of halogens is 1. The van der Waals surface area contributed by atoms with Crippen molar-refractivity contribution >= 4 is 56.2 Å². The topological polar surface area (TPSA) is 67.4 Å². The van der Waals surface area contributed by atoms with Gasteiger partial charge in [0, 0.05) is 28.4 Å². The number of fused-ring (bicyclic) bond motifs is 1. The predicted octanol–water partition coefficient (Wildman–Crippen LogP) is 4.77. The minimum Gasteiger partial charge on any atom is -0.497 e. The van der Waals surface area contributed by atoms with E-state index in [1.165, 1.54) is 18.3 Å².